The quantitative estimate of drug-likeness (QED) is 0.744. The van der Waals surface area contributed by atoms with Gasteiger partial charge < -0.3 is 5.32 Å². The number of nitrogens with one attached hydrogen (secondary N) is 1. The van der Waals surface area contributed by atoms with Crippen molar-refractivity contribution < 1.29 is 0 Å². The van der Waals surface area contributed by atoms with Gasteiger partial charge in [-0.05, 0) is 41.1 Å². The molecule has 0 aliphatic heterocycles. The van der Waals surface area contributed by atoms with Crippen LogP contribution in [0.15, 0.2) is 15.5 Å². The SMILES string of the molecule is CCCCCCNc1cnn(CC2CC2)c(=O)c1Br. The van der Waals surface area contributed by atoms with E-state index in [0.717, 1.165) is 25.2 Å². The average Bonchev–Trinajstić information content (AvgIpc) is 3.21. The molecule has 0 spiro atoms. The molecule has 0 saturated heterocycles. The van der Waals surface area contributed by atoms with E-state index in [1.165, 1.54) is 32.1 Å². The molecule has 0 atom stereocenters. The highest BCUT2D eigenvalue weighted by Gasteiger charge is 2.23. The number of anilines is 1. The molecular weight excluding hydrogens is 306 g/mol. The molecule has 106 valence electrons. The molecular formula is C14H22BrN3O. The minimum atomic E-state index is -0.0227. The van der Waals surface area contributed by atoms with Crippen molar-refractivity contribution in [2.45, 2.75) is 52.0 Å². The smallest absolute Gasteiger partial charge is 0.283 e. The standard InChI is InChI=1S/C14H22BrN3O/c1-2-3-4-5-8-16-12-9-17-18(10-11-6-7-11)14(19)13(12)15/h9,11,16H,2-8,10H2,1H3. The van der Waals surface area contributed by atoms with Crippen molar-refractivity contribution in [1.82, 2.24) is 9.78 Å². The van der Waals surface area contributed by atoms with Gasteiger partial charge in [0.05, 0.1) is 11.9 Å². The fourth-order valence-electron chi connectivity index (χ4n) is 2.04. The van der Waals surface area contributed by atoms with Gasteiger partial charge in [-0.25, -0.2) is 4.68 Å². The molecule has 0 aromatic carbocycles. The molecule has 0 unspecified atom stereocenters. The van der Waals surface area contributed by atoms with Crippen LogP contribution in [0, 0.1) is 5.92 Å². The van der Waals surface area contributed by atoms with Gasteiger partial charge in [-0.2, -0.15) is 5.10 Å². The molecule has 1 N–H and O–H groups in total. The second kappa shape index (κ2) is 7.08. The summed E-state index contributed by atoms with van der Waals surface area (Å²) in [6, 6.07) is 0. The van der Waals surface area contributed by atoms with Crippen molar-refractivity contribution in [3.05, 3.63) is 21.0 Å². The van der Waals surface area contributed by atoms with E-state index in [1.807, 2.05) is 0 Å². The Morgan fingerprint density at radius 1 is 1.42 bits per heavy atom. The summed E-state index contributed by atoms with van der Waals surface area (Å²) in [7, 11) is 0. The molecule has 4 nitrogen and oxygen atoms in total. The summed E-state index contributed by atoms with van der Waals surface area (Å²) < 4.78 is 2.18. The van der Waals surface area contributed by atoms with Crippen molar-refractivity contribution in [2.24, 2.45) is 5.92 Å². The van der Waals surface area contributed by atoms with E-state index in [9.17, 15) is 4.79 Å². The van der Waals surface area contributed by atoms with Gasteiger partial charge in [-0.15, -0.1) is 0 Å². The van der Waals surface area contributed by atoms with Gasteiger partial charge in [-0.3, -0.25) is 4.79 Å². The molecule has 1 fully saturated rings. The first kappa shape index (κ1) is 14.6. The Morgan fingerprint density at radius 2 is 2.21 bits per heavy atom. The number of nitrogens with zero attached hydrogens (tertiary/aromatic N) is 2. The maximum Gasteiger partial charge on any atom is 0.283 e. The summed E-state index contributed by atoms with van der Waals surface area (Å²) in [5.74, 6) is 0.657. The molecule has 19 heavy (non-hydrogen) atoms. The molecule has 0 bridgehead atoms. The number of aromatic nitrogens is 2. The topological polar surface area (TPSA) is 46.9 Å². The second-order valence-electron chi connectivity index (χ2n) is 5.29. The highest BCUT2D eigenvalue weighted by atomic mass is 79.9. The molecule has 1 heterocycles. The average molecular weight is 328 g/mol. The fourth-order valence-corrected chi connectivity index (χ4v) is 2.49. The summed E-state index contributed by atoms with van der Waals surface area (Å²) in [4.78, 5) is 12.1. The molecule has 1 aromatic heterocycles. The van der Waals surface area contributed by atoms with Gasteiger partial charge in [-0.1, -0.05) is 26.2 Å². The summed E-state index contributed by atoms with van der Waals surface area (Å²) in [6.45, 7) is 3.86. The van der Waals surface area contributed by atoms with Crippen molar-refractivity contribution in [2.75, 3.05) is 11.9 Å². The number of halogens is 1. The zero-order valence-electron chi connectivity index (χ0n) is 11.5. The lowest BCUT2D eigenvalue weighted by Crippen LogP contribution is -2.25. The van der Waals surface area contributed by atoms with Crippen molar-refractivity contribution in [3.63, 3.8) is 0 Å². The van der Waals surface area contributed by atoms with Crippen molar-refractivity contribution in [1.29, 1.82) is 0 Å². The van der Waals surface area contributed by atoms with Gasteiger partial charge in [0, 0.05) is 13.1 Å². The van der Waals surface area contributed by atoms with Crippen LogP contribution in [0.2, 0.25) is 0 Å². The lowest BCUT2D eigenvalue weighted by Gasteiger charge is -2.10. The van der Waals surface area contributed by atoms with Gasteiger partial charge >= 0.3 is 0 Å². The zero-order valence-corrected chi connectivity index (χ0v) is 13.1. The predicted molar refractivity (Wildman–Crippen MR) is 81.6 cm³/mol. The van der Waals surface area contributed by atoms with Crippen LogP contribution in [0.5, 0.6) is 0 Å². The Labute approximate surface area is 122 Å². The summed E-state index contributed by atoms with van der Waals surface area (Å²) in [5, 5.41) is 7.53. The van der Waals surface area contributed by atoms with Crippen molar-refractivity contribution >= 4 is 21.6 Å². The monoisotopic (exact) mass is 327 g/mol. The fraction of sp³-hybridized carbons (Fsp3) is 0.714. The van der Waals surface area contributed by atoms with Crippen LogP contribution in [0.25, 0.3) is 0 Å². The third-order valence-electron chi connectivity index (χ3n) is 3.46. The molecule has 1 saturated carbocycles. The molecule has 1 aliphatic rings. The van der Waals surface area contributed by atoms with E-state index < -0.39 is 0 Å². The van der Waals surface area contributed by atoms with E-state index >= 15 is 0 Å². The van der Waals surface area contributed by atoms with E-state index in [4.69, 9.17) is 0 Å². The Balaban J connectivity index is 1.90. The maximum absolute atomic E-state index is 12.1. The minimum absolute atomic E-state index is 0.0227. The first-order valence-corrected chi connectivity index (χ1v) is 8.01. The van der Waals surface area contributed by atoms with Gasteiger partial charge in [0.15, 0.2) is 0 Å². The highest BCUT2D eigenvalue weighted by molar-refractivity contribution is 9.10. The summed E-state index contributed by atoms with van der Waals surface area (Å²) in [6.07, 6.45) is 9.07. The van der Waals surface area contributed by atoms with Crippen LogP contribution in [-0.4, -0.2) is 16.3 Å². The predicted octanol–water partition coefficient (Wildman–Crippen LogP) is 3.41. The van der Waals surface area contributed by atoms with E-state index in [2.05, 4.69) is 33.3 Å². The van der Waals surface area contributed by atoms with Gasteiger partial charge in [0.2, 0.25) is 0 Å². The van der Waals surface area contributed by atoms with Gasteiger partial charge in [0.25, 0.3) is 5.56 Å². The third-order valence-corrected chi connectivity index (χ3v) is 4.23. The zero-order chi connectivity index (χ0) is 13.7. The largest absolute Gasteiger partial charge is 0.383 e. The Morgan fingerprint density at radius 3 is 2.89 bits per heavy atom. The lowest BCUT2D eigenvalue weighted by molar-refractivity contribution is 0.531. The van der Waals surface area contributed by atoms with E-state index in [1.54, 1.807) is 10.9 Å². The number of unbranched alkanes of at least 4 members (excludes halogenated alkanes) is 3. The number of hydrogen-bond acceptors (Lipinski definition) is 3. The van der Waals surface area contributed by atoms with Crippen molar-refractivity contribution in [3.8, 4) is 0 Å². The van der Waals surface area contributed by atoms with Gasteiger partial charge in [0.1, 0.15) is 4.47 Å². The van der Waals surface area contributed by atoms with E-state index in [0.29, 0.717) is 10.4 Å². The number of hydrogen-bond donors (Lipinski definition) is 1. The molecule has 5 heteroatoms. The molecule has 1 aromatic rings. The van der Waals surface area contributed by atoms with Crippen LogP contribution >= 0.6 is 15.9 Å². The Hall–Kier alpha value is -0.840. The summed E-state index contributed by atoms with van der Waals surface area (Å²) >= 11 is 3.39. The van der Waals surface area contributed by atoms with Crippen LogP contribution in [0.1, 0.15) is 45.4 Å². The third kappa shape index (κ3) is 4.34. The second-order valence-corrected chi connectivity index (χ2v) is 6.08. The number of rotatable bonds is 8. The Kier molecular flexibility index (Phi) is 5.43. The minimum Gasteiger partial charge on any atom is -0.383 e. The molecule has 2 rings (SSSR count). The Bertz CT molecular complexity index is 468. The first-order chi connectivity index (χ1) is 9.22. The maximum atomic E-state index is 12.1. The van der Waals surface area contributed by atoms with Crippen LogP contribution in [0.3, 0.4) is 0 Å². The molecule has 0 amide bonds. The first-order valence-electron chi connectivity index (χ1n) is 7.22. The summed E-state index contributed by atoms with van der Waals surface area (Å²) in [5.41, 5.74) is 0.791. The van der Waals surface area contributed by atoms with E-state index in [-0.39, 0.29) is 5.56 Å². The lowest BCUT2D eigenvalue weighted by atomic mass is 10.2. The normalized spacial score (nSPS) is 14.6. The highest BCUT2D eigenvalue weighted by Crippen LogP contribution is 2.30. The van der Waals surface area contributed by atoms with Crippen LogP contribution < -0.4 is 10.9 Å². The molecule has 0 radical (unpaired) electrons. The molecule has 1 aliphatic carbocycles. The van der Waals surface area contributed by atoms with Crippen LogP contribution in [0.4, 0.5) is 5.69 Å². The van der Waals surface area contributed by atoms with Crippen LogP contribution in [-0.2, 0) is 6.54 Å².